The van der Waals surface area contributed by atoms with Crippen molar-refractivity contribution in [2.75, 3.05) is 13.7 Å². The Hall–Kier alpha value is -3.40. The van der Waals surface area contributed by atoms with Crippen molar-refractivity contribution in [3.05, 3.63) is 60.0 Å². The van der Waals surface area contributed by atoms with Crippen LogP contribution in [0.2, 0.25) is 0 Å². The van der Waals surface area contributed by atoms with Crippen molar-refractivity contribution in [3.8, 4) is 11.5 Å². The Labute approximate surface area is 180 Å². The van der Waals surface area contributed by atoms with Crippen LogP contribution in [0.4, 0.5) is 0 Å². The van der Waals surface area contributed by atoms with E-state index in [1.807, 2.05) is 0 Å². The lowest BCUT2D eigenvalue weighted by molar-refractivity contribution is 0.309. The van der Waals surface area contributed by atoms with Crippen LogP contribution in [0.15, 0.2) is 53.6 Å². The maximum atomic E-state index is 13.4. The van der Waals surface area contributed by atoms with E-state index >= 15 is 0 Å². The normalized spacial score (nSPS) is 11.7. The minimum atomic E-state index is -3.83. The van der Waals surface area contributed by atoms with Crippen LogP contribution in [-0.2, 0) is 16.4 Å². The van der Waals surface area contributed by atoms with Crippen LogP contribution >= 0.6 is 0 Å². The molecule has 0 radical (unpaired) electrons. The SMILES string of the molecule is CCCCOc1ccc(S(=O)(=O)n2cc(Cc3nn[nH]n3)c3cc(OC)ccc32)cc1. The third-order valence-electron chi connectivity index (χ3n) is 4.95. The van der Waals surface area contributed by atoms with Crippen LogP contribution in [0.3, 0.4) is 0 Å². The molecular formula is C21H23N5O4S. The Morgan fingerprint density at radius 1 is 1.10 bits per heavy atom. The van der Waals surface area contributed by atoms with Crippen LogP contribution in [0.25, 0.3) is 10.9 Å². The zero-order valence-corrected chi connectivity index (χ0v) is 18.1. The number of nitrogens with one attached hydrogen (secondary N) is 1. The van der Waals surface area contributed by atoms with E-state index in [1.54, 1.807) is 55.8 Å². The van der Waals surface area contributed by atoms with Crippen molar-refractivity contribution < 1.29 is 17.9 Å². The molecule has 4 rings (SSSR count). The maximum Gasteiger partial charge on any atom is 0.268 e. The second-order valence-electron chi connectivity index (χ2n) is 7.02. The zero-order chi connectivity index (χ0) is 21.8. The fourth-order valence-corrected chi connectivity index (χ4v) is 4.69. The van der Waals surface area contributed by atoms with Gasteiger partial charge in [-0.25, -0.2) is 12.4 Å². The number of tetrazole rings is 1. The largest absolute Gasteiger partial charge is 0.497 e. The van der Waals surface area contributed by atoms with Crippen LogP contribution in [0.5, 0.6) is 11.5 Å². The van der Waals surface area contributed by atoms with Crippen molar-refractivity contribution in [2.45, 2.75) is 31.1 Å². The molecule has 2 heterocycles. The molecular weight excluding hydrogens is 418 g/mol. The molecule has 162 valence electrons. The lowest BCUT2D eigenvalue weighted by Crippen LogP contribution is -2.12. The van der Waals surface area contributed by atoms with E-state index in [9.17, 15) is 8.42 Å². The number of H-pyrrole nitrogens is 1. The molecule has 0 saturated heterocycles. The van der Waals surface area contributed by atoms with E-state index in [0.717, 1.165) is 23.8 Å². The van der Waals surface area contributed by atoms with Gasteiger partial charge in [-0.05, 0) is 54.4 Å². The van der Waals surface area contributed by atoms with Gasteiger partial charge in [-0.3, -0.25) is 0 Å². The second kappa shape index (κ2) is 8.76. The Balaban J connectivity index is 1.73. The predicted molar refractivity (Wildman–Crippen MR) is 115 cm³/mol. The number of rotatable bonds is 9. The summed E-state index contributed by atoms with van der Waals surface area (Å²) in [6.45, 7) is 2.69. The lowest BCUT2D eigenvalue weighted by Gasteiger charge is -2.10. The van der Waals surface area contributed by atoms with Gasteiger partial charge in [-0.1, -0.05) is 18.6 Å². The Kier molecular flexibility index (Phi) is 5.90. The Morgan fingerprint density at radius 3 is 2.55 bits per heavy atom. The highest BCUT2D eigenvalue weighted by Gasteiger charge is 2.22. The summed E-state index contributed by atoms with van der Waals surface area (Å²) in [5.74, 6) is 1.74. The van der Waals surface area contributed by atoms with Crippen LogP contribution < -0.4 is 9.47 Å². The Morgan fingerprint density at radius 2 is 1.87 bits per heavy atom. The third kappa shape index (κ3) is 4.24. The molecule has 0 amide bonds. The standard InChI is InChI=1S/C21H23N5O4S/c1-3-4-11-30-16-5-8-18(9-6-16)31(27,28)26-14-15(12-21-22-24-25-23-21)19-13-17(29-2)7-10-20(19)26/h5-10,13-14H,3-4,11-12H2,1-2H3,(H,22,23,24,25). The first-order chi connectivity index (χ1) is 15.0. The number of hydrogen-bond acceptors (Lipinski definition) is 7. The summed E-state index contributed by atoms with van der Waals surface area (Å²) in [5.41, 5.74) is 1.29. The molecule has 0 bridgehead atoms. The molecule has 2 aromatic heterocycles. The minimum absolute atomic E-state index is 0.175. The molecule has 1 N–H and O–H groups in total. The topological polar surface area (TPSA) is 112 Å². The number of aromatic nitrogens is 5. The van der Waals surface area contributed by atoms with Gasteiger partial charge in [0.2, 0.25) is 0 Å². The summed E-state index contributed by atoms with van der Waals surface area (Å²) in [4.78, 5) is 0.175. The first-order valence-electron chi connectivity index (χ1n) is 9.91. The number of fused-ring (bicyclic) bond motifs is 1. The van der Waals surface area contributed by atoms with Crippen molar-refractivity contribution in [1.82, 2.24) is 24.6 Å². The average Bonchev–Trinajstić information content (AvgIpc) is 3.42. The predicted octanol–water partition coefficient (Wildman–Crippen LogP) is 3.17. The van der Waals surface area contributed by atoms with Gasteiger partial charge >= 0.3 is 0 Å². The van der Waals surface area contributed by atoms with Crippen LogP contribution in [0.1, 0.15) is 31.2 Å². The molecule has 4 aromatic rings. The summed E-state index contributed by atoms with van der Waals surface area (Å²) >= 11 is 0. The number of ether oxygens (including phenoxy) is 2. The Bertz CT molecular complexity index is 1270. The van der Waals surface area contributed by atoms with E-state index in [1.165, 1.54) is 3.97 Å². The number of hydrogen-bond donors (Lipinski definition) is 1. The van der Waals surface area contributed by atoms with E-state index < -0.39 is 10.0 Å². The van der Waals surface area contributed by atoms with Gasteiger partial charge < -0.3 is 9.47 Å². The highest BCUT2D eigenvalue weighted by molar-refractivity contribution is 7.90. The number of unbranched alkanes of at least 4 members (excludes halogenated alkanes) is 1. The van der Waals surface area contributed by atoms with Crippen LogP contribution in [0, 0.1) is 0 Å². The first kappa shape index (κ1) is 20.9. The minimum Gasteiger partial charge on any atom is -0.497 e. The van der Waals surface area contributed by atoms with Gasteiger partial charge in [0.05, 0.1) is 24.1 Å². The highest BCUT2D eigenvalue weighted by atomic mass is 32.2. The molecule has 31 heavy (non-hydrogen) atoms. The monoisotopic (exact) mass is 441 g/mol. The number of methoxy groups -OCH3 is 1. The van der Waals surface area contributed by atoms with E-state index in [0.29, 0.717) is 35.9 Å². The fraction of sp³-hybridized carbons (Fsp3) is 0.286. The molecule has 0 fully saturated rings. The van der Waals surface area contributed by atoms with Crippen molar-refractivity contribution in [3.63, 3.8) is 0 Å². The molecule has 0 atom stereocenters. The van der Waals surface area contributed by atoms with E-state index in [-0.39, 0.29) is 4.90 Å². The molecule has 0 aliphatic carbocycles. The van der Waals surface area contributed by atoms with E-state index in [4.69, 9.17) is 9.47 Å². The summed E-state index contributed by atoms with van der Waals surface area (Å²) < 4.78 is 39.1. The van der Waals surface area contributed by atoms with Gasteiger partial charge in [0.1, 0.15) is 11.5 Å². The van der Waals surface area contributed by atoms with E-state index in [2.05, 4.69) is 27.5 Å². The maximum absolute atomic E-state index is 13.4. The fourth-order valence-electron chi connectivity index (χ4n) is 3.30. The number of aromatic amines is 1. The molecule has 10 heteroatoms. The van der Waals surface area contributed by atoms with Crippen LogP contribution in [-0.4, -0.2) is 46.7 Å². The summed E-state index contributed by atoms with van der Waals surface area (Å²) in [5, 5.41) is 14.7. The second-order valence-corrected chi connectivity index (χ2v) is 8.83. The first-order valence-corrected chi connectivity index (χ1v) is 11.4. The summed E-state index contributed by atoms with van der Waals surface area (Å²) in [6, 6.07) is 11.7. The van der Waals surface area contributed by atoms with Crippen molar-refractivity contribution in [1.29, 1.82) is 0 Å². The zero-order valence-electron chi connectivity index (χ0n) is 17.3. The summed E-state index contributed by atoms with van der Waals surface area (Å²) in [6.07, 6.45) is 3.90. The van der Waals surface area contributed by atoms with Crippen molar-refractivity contribution in [2.24, 2.45) is 0 Å². The van der Waals surface area contributed by atoms with Gasteiger partial charge in [0.15, 0.2) is 5.82 Å². The van der Waals surface area contributed by atoms with Crippen molar-refractivity contribution >= 4 is 20.9 Å². The molecule has 2 aromatic carbocycles. The molecule has 0 unspecified atom stereocenters. The van der Waals surface area contributed by atoms with Gasteiger partial charge in [-0.15, -0.1) is 10.2 Å². The smallest absolute Gasteiger partial charge is 0.268 e. The van der Waals surface area contributed by atoms with Gasteiger partial charge in [-0.2, -0.15) is 5.21 Å². The molecule has 0 aliphatic rings. The molecule has 9 nitrogen and oxygen atoms in total. The number of nitrogens with zero attached hydrogens (tertiary/aromatic N) is 4. The van der Waals surface area contributed by atoms with Gasteiger partial charge in [0.25, 0.3) is 10.0 Å². The molecule has 0 saturated carbocycles. The summed E-state index contributed by atoms with van der Waals surface area (Å²) in [7, 11) is -2.26. The molecule has 0 spiro atoms. The quantitative estimate of drug-likeness (QED) is 0.397. The number of benzene rings is 2. The van der Waals surface area contributed by atoms with Gasteiger partial charge in [0, 0.05) is 18.0 Å². The lowest BCUT2D eigenvalue weighted by atomic mass is 10.1. The molecule has 0 aliphatic heterocycles. The third-order valence-corrected chi connectivity index (χ3v) is 6.63. The average molecular weight is 442 g/mol. The highest BCUT2D eigenvalue weighted by Crippen LogP contribution is 2.30.